The fourth-order valence-corrected chi connectivity index (χ4v) is 3.51. The number of amides is 1. The van der Waals surface area contributed by atoms with E-state index in [1.807, 2.05) is 18.2 Å². The molecule has 0 atom stereocenters. The number of carbonyl (C=O) groups is 1. The van der Waals surface area contributed by atoms with Gasteiger partial charge in [-0.25, -0.2) is 0 Å². The average Bonchev–Trinajstić information content (AvgIpc) is 3.05. The van der Waals surface area contributed by atoms with Crippen LogP contribution in [0.4, 0.5) is 0 Å². The number of nitrogens with zero attached hydrogens (tertiary/aromatic N) is 5. The molecule has 1 amide bonds. The van der Waals surface area contributed by atoms with Crippen molar-refractivity contribution in [2.75, 3.05) is 19.6 Å². The van der Waals surface area contributed by atoms with Gasteiger partial charge in [-0.15, -0.1) is 10.2 Å². The molecule has 0 bridgehead atoms. The fraction of sp³-hybridized carbons (Fsp3) is 0.529. The minimum atomic E-state index is -0.467. The van der Waals surface area contributed by atoms with Crippen molar-refractivity contribution in [3.63, 3.8) is 0 Å². The minimum absolute atomic E-state index is 0.0418. The molecule has 1 fully saturated rings. The van der Waals surface area contributed by atoms with Crippen LogP contribution >= 0.6 is 0 Å². The Morgan fingerprint density at radius 3 is 2.58 bits per heavy atom. The molecule has 2 aromatic rings. The number of rotatable bonds is 6. The summed E-state index contributed by atoms with van der Waals surface area (Å²) in [6.07, 6.45) is 3.05. The van der Waals surface area contributed by atoms with Gasteiger partial charge >= 0.3 is 0 Å². The zero-order chi connectivity index (χ0) is 17.0. The molecule has 1 aromatic heterocycles. The van der Waals surface area contributed by atoms with E-state index >= 15 is 0 Å². The molecule has 2 heterocycles. The van der Waals surface area contributed by atoms with Crippen LogP contribution in [0.1, 0.15) is 37.6 Å². The van der Waals surface area contributed by atoms with Gasteiger partial charge in [-0.05, 0) is 49.7 Å². The third-order valence-corrected chi connectivity index (χ3v) is 4.75. The van der Waals surface area contributed by atoms with E-state index in [2.05, 4.69) is 39.4 Å². The summed E-state index contributed by atoms with van der Waals surface area (Å²) in [5.74, 6) is 0.219. The first kappa shape index (κ1) is 16.6. The number of benzene rings is 1. The van der Waals surface area contributed by atoms with Gasteiger partial charge in [0.2, 0.25) is 5.91 Å². The fourth-order valence-electron chi connectivity index (χ4n) is 3.51. The van der Waals surface area contributed by atoms with Gasteiger partial charge in [-0.2, -0.15) is 4.80 Å². The van der Waals surface area contributed by atoms with Crippen molar-refractivity contribution in [1.82, 2.24) is 25.1 Å². The van der Waals surface area contributed by atoms with Crippen molar-refractivity contribution in [2.24, 2.45) is 5.73 Å². The number of carbonyl (C=O) groups excluding carboxylic acids is 1. The van der Waals surface area contributed by atoms with Gasteiger partial charge in [-0.1, -0.05) is 37.3 Å². The topological polar surface area (TPSA) is 89.9 Å². The monoisotopic (exact) mass is 328 g/mol. The zero-order valence-corrected chi connectivity index (χ0v) is 14.1. The molecule has 1 aromatic carbocycles. The van der Waals surface area contributed by atoms with Crippen LogP contribution < -0.4 is 5.73 Å². The maximum atomic E-state index is 11.1. The number of hydrogen-bond donors (Lipinski definition) is 1. The Morgan fingerprint density at radius 2 is 1.96 bits per heavy atom. The summed E-state index contributed by atoms with van der Waals surface area (Å²) < 4.78 is 0. The van der Waals surface area contributed by atoms with Gasteiger partial charge in [-0.3, -0.25) is 4.79 Å². The van der Waals surface area contributed by atoms with E-state index in [1.165, 1.54) is 10.4 Å². The highest BCUT2D eigenvalue weighted by Crippen LogP contribution is 2.39. The van der Waals surface area contributed by atoms with Gasteiger partial charge < -0.3 is 10.6 Å². The number of piperidine rings is 1. The predicted molar refractivity (Wildman–Crippen MR) is 90.2 cm³/mol. The Hall–Kier alpha value is -2.28. The smallest absolute Gasteiger partial charge is 0.241 e. The van der Waals surface area contributed by atoms with E-state index < -0.39 is 5.91 Å². The lowest BCUT2D eigenvalue weighted by Gasteiger charge is -2.40. The molecule has 1 saturated heterocycles. The van der Waals surface area contributed by atoms with Crippen molar-refractivity contribution in [3.05, 3.63) is 41.7 Å². The molecule has 2 N–H and O–H groups in total. The SMILES string of the molecule is CCCN1CCC(c2ccccc2)(c2nnn(CC(N)=O)n2)CC1. The molecule has 0 aliphatic carbocycles. The van der Waals surface area contributed by atoms with Crippen LogP contribution in [-0.4, -0.2) is 50.6 Å². The summed E-state index contributed by atoms with van der Waals surface area (Å²) in [4.78, 5) is 14.9. The van der Waals surface area contributed by atoms with Crippen LogP contribution in [0.15, 0.2) is 30.3 Å². The third kappa shape index (κ3) is 3.31. The lowest BCUT2D eigenvalue weighted by molar-refractivity contribution is -0.119. The molecule has 0 saturated carbocycles. The second-order valence-electron chi connectivity index (χ2n) is 6.40. The lowest BCUT2D eigenvalue weighted by Crippen LogP contribution is -2.44. The van der Waals surface area contributed by atoms with Crippen LogP contribution in [0.3, 0.4) is 0 Å². The van der Waals surface area contributed by atoms with Crippen LogP contribution in [-0.2, 0) is 16.8 Å². The first-order valence-electron chi connectivity index (χ1n) is 8.48. The highest BCUT2D eigenvalue weighted by atomic mass is 16.1. The molecule has 0 spiro atoms. The van der Waals surface area contributed by atoms with E-state index in [1.54, 1.807) is 0 Å². The van der Waals surface area contributed by atoms with Crippen LogP contribution in [0.5, 0.6) is 0 Å². The Morgan fingerprint density at radius 1 is 1.25 bits per heavy atom. The Kier molecular flexibility index (Phi) is 4.89. The van der Waals surface area contributed by atoms with Crippen molar-refractivity contribution in [3.8, 4) is 0 Å². The minimum Gasteiger partial charge on any atom is -0.368 e. The molecular weight excluding hydrogens is 304 g/mol. The van der Waals surface area contributed by atoms with Gasteiger partial charge in [0.25, 0.3) is 0 Å². The van der Waals surface area contributed by atoms with Crippen LogP contribution in [0, 0.1) is 0 Å². The first-order chi connectivity index (χ1) is 11.6. The van der Waals surface area contributed by atoms with Crippen molar-refractivity contribution in [1.29, 1.82) is 0 Å². The third-order valence-electron chi connectivity index (χ3n) is 4.75. The normalized spacial score (nSPS) is 17.7. The maximum Gasteiger partial charge on any atom is 0.241 e. The summed E-state index contributed by atoms with van der Waals surface area (Å²) in [5.41, 5.74) is 6.19. The standard InChI is InChI=1S/C17H24N6O/c1-2-10-22-11-8-17(9-12-22,14-6-4-3-5-7-14)16-19-21-23(20-16)13-15(18)24/h3-7H,2,8-13H2,1H3,(H2,18,24). The van der Waals surface area contributed by atoms with Gasteiger partial charge in [0.1, 0.15) is 6.54 Å². The summed E-state index contributed by atoms with van der Waals surface area (Å²) in [6.45, 7) is 5.29. The molecule has 1 aliphatic heterocycles. The molecule has 0 unspecified atom stereocenters. The summed E-state index contributed by atoms with van der Waals surface area (Å²) in [5, 5.41) is 12.8. The maximum absolute atomic E-state index is 11.1. The zero-order valence-electron chi connectivity index (χ0n) is 14.1. The van der Waals surface area contributed by atoms with E-state index in [-0.39, 0.29) is 12.0 Å². The number of aromatic nitrogens is 4. The molecule has 0 radical (unpaired) electrons. The van der Waals surface area contributed by atoms with E-state index in [0.29, 0.717) is 5.82 Å². The quantitative estimate of drug-likeness (QED) is 0.853. The molecule has 7 heteroatoms. The first-order valence-corrected chi connectivity index (χ1v) is 8.48. The van der Waals surface area contributed by atoms with E-state index in [9.17, 15) is 4.79 Å². The molecule has 24 heavy (non-hydrogen) atoms. The van der Waals surface area contributed by atoms with Gasteiger partial charge in [0, 0.05) is 0 Å². The number of hydrogen-bond acceptors (Lipinski definition) is 5. The second-order valence-corrected chi connectivity index (χ2v) is 6.40. The molecule has 3 rings (SSSR count). The van der Waals surface area contributed by atoms with E-state index in [4.69, 9.17) is 5.73 Å². The molecule has 7 nitrogen and oxygen atoms in total. The Bertz CT molecular complexity index is 675. The number of primary amides is 1. The van der Waals surface area contributed by atoms with Gasteiger partial charge in [0.15, 0.2) is 5.82 Å². The number of tetrazole rings is 1. The Balaban J connectivity index is 1.92. The van der Waals surface area contributed by atoms with Crippen molar-refractivity contribution >= 4 is 5.91 Å². The van der Waals surface area contributed by atoms with Crippen molar-refractivity contribution < 1.29 is 4.79 Å². The van der Waals surface area contributed by atoms with Gasteiger partial charge in [0.05, 0.1) is 5.41 Å². The molecular formula is C17H24N6O. The van der Waals surface area contributed by atoms with Crippen molar-refractivity contribution in [2.45, 2.75) is 38.1 Å². The average molecular weight is 328 g/mol. The second kappa shape index (κ2) is 7.09. The summed E-state index contributed by atoms with van der Waals surface area (Å²) in [6, 6.07) is 10.4. The number of likely N-dealkylation sites (tertiary alicyclic amines) is 1. The Labute approximate surface area is 141 Å². The highest BCUT2D eigenvalue weighted by Gasteiger charge is 2.41. The van der Waals surface area contributed by atoms with E-state index in [0.717, 1.165) is 38.9 Å². The molecule has 1 aliphatic rings. The summed E-state index contributed by atoms with van der Waals surface area (Å²) in [7, 11) is 0. The summed E-state index contributed by atoms with van der Waals surface area (Å²) >= 11 is 0. The largest absolute Gasteiger partial charge is 0.368 e. The predicted octanol–water partition coefficient (Wildman–Crippen LogP) is 0.950. The van der Waals surface area contributed by atoms with Crippen LogP contribution in [0.25, 0.3) is 0 Å². The highest BCUT2D eigenvalue weighted by molar-refractivity contribution is 5.73. The van der Waals surface area contributed by atoms with Crippen LogP contribution in [0.2, 0.25) is 0 Å². The lowest BCUT2D eigenvalue weighted by atomic mass is 9.72. The molecule has 128 valence electrons. The number of nitrogens with two attached hydrogens (primary N) is 1.